The quantitative estimate of drug-likeness (QED) is 0.671. The third-order valence-electron chi connectivity index (χ3n) is 4.36. The molecule has 4 N–H and O–H groups in total. The van der Waals surface area contributed by atoms with E-state index < -0.39 is 0 Å². The fourth-order valence-corrected chi connectivity index (χ4v) is 3.15. The van der Waals surface area contributed by atoms with Crippen LogP contribution in [-0.4, -0.2) is 31.2 Å². The molecule has 4 rings (SSSR count). The van der Waals surface area contributed by atoms with Crippen molar-refractivity contribution in [2.75, 3.05) is 12.3 Å². The maximum absolute atomic E-state index is 11.7. The molecule has 7 nitrogen and oxygen atoms in total. The number of imidazole rings is 1. The van der Waals surface area contributed by atoms with E-state index in [1.54, 1.807) is 6.33 Å². The number of aromatic amines is 1. The number of aliphatic hydroxyl groups excluding tert-OH is 1. The third-order valence-corrected chi connectivity index (χ3v) is 4.36. The van der Waals surface area contributed by atoms with E-state index in [4.69, 9.17) is 5.73 Å². The minimum Gasteiger partial charge on any atom is -0.396 e. The second kappa shape index (κ2) is 2.92. The highest BCUT2D eigenvalue weighted by Gasteiger charge is 2.71. The highest BCUT2D eigenvalue weighted by Crippen LogP contribution is 2.76. The SMILES string of the molecule is Nc1nc2c(ncn2[C@H]2C[C@]23C[C@H]3CO)c(=O)[nH]1. The Hall–Kier alpha value is -1.89. The summed E-state index contributed by atoms with van der Waals surface area (Å²) in [6, 6.07) is 0.299. The van der Waals surface area contributed by atoms with Crippen LogP contribution in [0.3, 0.4) is 0 Å². The molecule has 0 saturated heterocycles. The van der Waals surface area contributed by atoms with Crippen molar-refractivity contribution in [1.82, 2.24) is 19.5 Å². The molecule has 3 atom stereocenters. The van der Waals surface area contributed by atoms with Crippen LogP contribution in [0.1, 0.15) is 18.9 Å². The molecule has 7 heteroatoms. The first-order chi connectivity index (χ1) is 8.65. The Morgan fingerprint density at radius 2 is 2.44 bits per heavy atom. The molecule has 1 spiro atoms. The van der Waals surface area contributed by atoms with Crippen LogP contribution in [0.2, 0.25) is 0 Å². The van der Waals surface area contributed by atoms with E-state index in [1.807, 2.05) is 4.57 Å². The van der Waals surface area contributed by atoms with Gasteiger partial charge in [0.05, 0.1) is 6.33 Å². The molecule has 0 amide bonds. The van der Waals surface area contributed by atoms with Crippen molar-refractivity contribution in [3.05, 3.63) is 16.7 Å². The molecule has 0 unspecified atom stereocenters. The zero-order valence-corrected chi connectivity index (χ0v) is 9.63. The van der Waals surface area contributed by atoms with Gasteiger partial charge < -0.3 is 15.4 Å². The van der Waals surface area contributed by atoms with E-state index in [0.717, 1.165) is 12.8 Å². The molecule has 2 saturated carbocycles. The van der Waals surface area contributed by atoms with Crippen molar-refractivity contribution < 1.29 is 5.11 Å². The number of anilines is 1. The number of fused-ring (bicyclic) bond motifs is 1. The lowest BCUT2D eigenvalue weighted by molar-refractivity contribution is 0.264. The van der Waals surface area contributed by atoms with Crippen LogP contribution in [-0.2, 0) is 0 Å². The third kappa shape index (κ3) is 1.09. The lowest BCUT2D eigenvalue weighted by atomic mass is 10.3. The summed E-state index contributed by atoms with van der Waals surface area (Å²) in [5, 5.41) is 9.18. The van der Waals surface area contributed by atoms with Crippen molar-refractivity contribution in [2.24, 2.45) is 11.3 Å². The van der Waals surface area contributed by atoms with Gasteiger partial charge in [-0.2, -0.15) is 4.98 Å². The molecule has 2 aromatic heterocycles. The van der Waals surface area contributed by atoms with Crippen molar-refractivity contribution >= 4 is 17.1 Å². The average Bonchev–Trinajstić information content (AvgIpc) is 3.18. The standard InChI is InChI=1S/C11H13N5O2/c12-10-14-8-7(9(18)15-10)13-4-16(8)6-2-11(6)1-5(11)3-17/h4-6,17H,1-3H2,(H3,12,14,15,18)/t5-,6-,11-/m0/s1. The van der Waals surface area contributed by atoms with E-state index in [0.29, 0.717) is 23.1 Å². The van der Waals surface area contributed by atoms with Crippen LogP contribution in [0.15, 0.2) is 11.1 Å². The molecule has 0 radical (unpaired) electrons. The van der Waals surface area contributed by atoms with Gasteiger partial charge in [0.1, 0.15) is 0 Å². The second-order valence-electron chi connectivity index (χ2n) is 5.31. The predicted octanol–water partition coefficient (Wildman–Crippen LogP) is -0.355. The van der Waals surface area contributed by atoms with Crippen LogP contribution >= 0.6 is 0 Å². The van der Waals surface area contributed by atoms with Gasteiger partial charge in [-0.1, -0.05) is 0 Å². The monoisotopic (exact) mass is 247 g/mol. The van der Waals surface area contributed by atoms with Crippen LogP contribution < -0.4 is 11.3 Å². The Kier molecular flexibility index (Phi) is 1.63. The van der Waals surface area contributed by atoms with Gasteiger partial charge in [0.2, 0.25) is 5.95 Å². The molecule has 0 aromatic carbocycles. The molecule has 0 aliphatic heterocycles. The first kappa shape index (κ1) is 10.1. The first-order valence-corrected chi connectivity index (χ1v) is 5.99. The highest BCUT2D eigenvalue weighted by molar-refractivity contribution is 5.71. The molecular formula is C11H13N5O2. The molecule has 2 aliphatic carbocycles. The maximum atomic E-state index is 11.7. The summed E-state index contributed by atoms with van der Waals surface area (Å²) in [6.07, 6.45) is 3.73. The summed E-state index contributed by atoms with van der Waals surface area (Å²) < 4.78 is 1.93. The Morgan fingerprint density at radius 1 is 1.61 bits per heavy atom. The molecule has 94 valence electrons. The van der Waals surface area contributed by atoms with Crippen molar-refractivity contribution in [3.63, 3.8) is 0 Å². The van der Waals surface area contributed by atoms with Crippen LogP contribution in [0.25, 0.3) is 11.2 Å². The molecule has 0 bridgehead atoms. The van der Waals surface area contributed by atoms with E-state index in [1.165, 1.54) is 0 Å². The van der Waals surface area contributed by atoms with Crippen LogP contribution in [0.5, 0.6) is 0 Å². The fourth-order valence-electron chi connectivity index (χ4n) is 3.15. The van der Waals surface area contributed by atoms with Gasteiger partial charge in [-0.05, 0) is 24.2 Å². The second-order valence-corrected chi connectivity index (χ2v) is 5.31. The van der Waals surface area contributed by atoms with E-state index in [2.05, 4.69) is 15.0 Å². The van der Waals surface area contributed by atoms with Crippen molar-refractivity contribution in [1.29, 1.82) is 0 Å². The molecule has 2 aromatic rings. The number of hydrogen-bond acceptors (Lipinski definition) is 5. The zero-order valence-electron chi connectivity index (χ0n) is 9.63. The molecular weight excluding hydrogens is 234 g/mol. The maximum Gasteiger partial charge on any atom is 0.280 e. The van der Waals surface area contributed by atoms with E-state index in [-0.39, 0.29) is 23.5 Å². The summed E-state index contributed by atoms with van der Waals surface area (Å²) >= 11 is 0. The zero-order chi connectivity index (χ0) is 12.5. The minimum atomic E-state index is -0.305. The lowest BCUT2D eigenvalue weighted by Crippen LogP contribution is -2.12. The van der Waals surface area contributed by atoms with Crippen LogP contribution in [0, 0.1) is 11.3 Å². The van der Waals surface area contributed by atoms with Gasteiger partial charge in [-0.3, -0.25) is 9.78 Å². The Bertz CT molecular complexity index is 705. The highest BCUT2D eigenvalue weighted by atomic mass is 16.3. The molecule has 2 fully saturated rings. The van der Waals surface area contributed by atoms with Gasteiger partial charge in [-0.25, -0.2) is 4.98 Å². The van der Waals surface area contributed by atoms with Crippen LogP contribution in [0.4, 0.5) is 5.95 Å². The van der Waals surface area contributed by atoms with E-state index in [9.17, 15) is 9.90 Å². The van der Waals surface area contributed by atoms with Gasteiger partial charge in [-0.15, -0.1) is 0 Å². The summed E-state index contributed by atoms with van der Waals surface area (Å²) in [5.74, 6) is 0.498. The number of nitrogens with zero attached hydrogens (tertiary/aromatic N) is 3. The summed E-state index contributed by atoms with van der Waals surface area (Å²) in [5.41, 5.74) is 6.35. The van der Waals surface area contributed by atoms with Gasteiger partial charge in [0.15, 0.2) is 11.2 Å². The predicted molar refractivity (Wildman–Crippen MR) is 63.8 cm³/mol. The Labute approximate surface area is 102 Å². The number of nitrogen functional groups attached to an aromatic ring is 1. The Balaban J connectivity index is 1.82. The largest absolute Gasteiger partial charge is 0.396 e. The molecule has 18 heavy (non-hydrogen) atoms. The number of aliphatic hydroxyl groups is 1. The summed E-state index contributed by atoms with van der Waals surface area (Å²) in [4.78, 5) is 22.4. The normalized spacial score (nSPS) is 33.2. The van der Waals surface area contributed by atoms with Crippen molar-refractivity contribution in [2.45, 2.75) is 18.9 Å². The summed E-state index contributed by atoms with van der Waals surface area (Å²) in [6.45, 7) is 0.235. The topological polar surface area (TPSA) is 110 Å². The number of nitrogens with two attached hydrogens (primary N) is 1. The molecule has 2 aliphatic rings. The average molecular weight is 247 g/mol. The summed E-state index contributed by atoms with van der Waals surface area (Å²) in [7, 11) is 0. The first-order valence-electron chi connectivity index (χ1n) is 5.99. The Morgan fingerprint density at radius 3 is 3.17 bits per heavy atom. The smallest absolute Gasteiger partial charge is 0.280 e. The minimum absolute atomic E-state index is 0.110. The van der Waals surface area contributed by atoms with Gasteiger partial charge in [0, 0.05) is 12.6 Å². The van der Waals surface area contributed by atoms with Gasteiger partial charge in [0.25, 0.3) is 5.56 Å². The van der Waals surface area contributed by atoms with Gasteiger partial charge >= 0.3 is 0 Å². The number of H-pyrrole nitrogens is 1. The van der Waals surface area contributed by atoms with Crippen molar-refractivity contribution in [3.8, 4) is 0 Å². The van der Waals surface area contributed by atoms with E-state index >= 15 is 0 Å². The number of hydrogen-bond donors (Lipinski definition) is 3. The lowest BCUT2D eigenvalue weighted by Gasteiger charge is -2.02. The number of nitrogens with one attached hydrogen (secondary N) is 1. The number of aromatic nitrogens is 4. The number of rotatable bonds is 2. The molecule has 2 heterocycles. The fraction of sp³-hybridized carbons (Fsp3) is 0.545.